The minimum Gasteiger partial charge on any atom is -0.384 e. The monoisotopic (exact) mass is 297 g/mol. The zero-order valence-corrected chi connectivity index (χ0v) is 13.9. The van der Waals surface area contributed by atoms with Gasteiger partial charge in [-0.3, -0.25) is 4.79 Å². The second-order valence-electron chi connectivity index (χ2n) is 6.96. The van der Waals surface area contributed by atoms with Crippen LogP contribution in [0.3, 0.4) is 0 Å². The van der Waals surface area contributed by atoms with Crippen molar-refractivity contribution >= 4 is 5.91 Å². The predicted molar refractivity (Wildman–Crippen MR) is 84.3 cm³/mol. The van der Waals surface area contributed by atoms with Crippen molar-refractivity contribution in [2.45, 2.75) is 25.7 Å². The predicted octanol–water partition coefficient (Wildman–Crippen LogP) is 0.803. The molecule has 2 aliphatic heterocycles. The standard InChI is InChI=1S/C16H31N3O2/c1-18(2)12-14-4-10-19(11-5-14)15(20)16(13-21-3)6-8-17-9-7-16/h14,17H,4-13H2,1-3H3. The first-order chi connectivity index (χ1) is 10.1. The Morgan fingerprint density at radius 1 is 1.29 bits per heavy atom. The van der Waals surface area contributed by atoms with Crippen molar-refractivity contribution in [3.05, 3.63) is 0 Å². The Kier molecular flexibility index (Phi) is 6.02. The molecule has 2 aliphatic rings. The van der Waals surface area contributed by atoms with Gasteiger partial charge in [0.05, 0.1) is 12.0 Å². The van der Waals surface area contributed by atoms with E-state index < -0.39 is 0 Å². The Labute approximate surface area is 129 Å². The molecular weight excluding hydrogens is 266 g/mol. The van der Waals surface area contributed by atoms with E-state index in [-0.39, 0.29) is 5.41 Å². The molecule has 1 amide bonds. The van der Waals surface area contributed by atoms with E-state index in [1.54, 1.807) is 7.11 Å². The molecule has 1 N–H and O–H groups in total. The van der Waals surface area contributed by atoms with E-state index in [1.165, 1.54) is 0 Å². The first kappa shape index (κ1) is 16.7. The molecule has 5 heteroatoms. The average Bonchev–Trinajstić information content (AvgIpc) is 2.48. The summed E-state index contributed by atoms with van der Waals surface area (Å²) in [6, 6.07) is 0. The highest BCUT2D eigenvalue weighted by Gasteiger charge is 2.42. The smallest absolute Gasteiger partial charge is 0.231 e. The molecule has 0 atom stereocenters. The maximum Gasteiger partial charge on any atom is 0.231 e. The van der Waals surface area contributed by atoms with Crippen LogP contribution in [0.15, 0.2) is 0 Å². The second-order valence-corrected chi connectivity index (χ2v) is 6.96. The Morgan fingerprint density at radius 3 is 2.43 bits per heavy atom. The minimum atomic E-state index is -0.283. The minimum absolute atomic E-state index is 0.283. The molecule has 2 heterocycles. The summed E-state index contributed by atoms with van der Waals surface area (Å²) in [7, 11) is 5.96. The third kappa shape index (κ3) is 4.18. The van der Waals surface area contributed by atoms with Gasteiger partial charge in [-0.2, -0.15) is 0 Å². The largest absolute Gasteiger partial charge is 0.384 e. The van der Waals surface area contributed by atoms with Gasteiger partial charge in [0.15, 0.2) is 0 Å². The number of hydrogen-bond acceptors (Lipinski definition) is 4. The van der Waals surface area contributed by atoms with Crippen LogP contribution in [-0.2, 0) is 9.53 Å². The fourth-order valence-electron chi connectivity index (χ4n) is 3.77. The maximum atomic E-state index is 13.0. The number of piperidine rings is 2. The molecule has 0 saturated carbocycles. The third-order valence-electron chi connectivity index (χ3n) is 4.96. The lowest BCUT2D eigenvalue weighted by atomic mass is 9.77. The number of ether oxygens (including phenoxy) is 1. The molecule has 0 bridgehead atoms. The second kappa shape index (κ2) is 7.56. The highest BCUT2D eigenvalue weighted by molar-refractivity contribution is 5.83. The molecule has 122 valence electrons. The van der Waals surface area contributed by atoms with Crippen LogP contribution in [0.5, 0.6) is 0 Å². The first-order valence-corrected chi connectivity index (χ1v) is 8.21. The summed E-state index contributed by atoms with van der Waals surface area (Å²) in [6.45, 7) is 5.37. The maximum absolute atomic E-state index is 13.0. The van der Waals surface area contributed by atoms with Gasteiger partial charge in [0.2, 0.25) is 5.91 Å². The summed E-state index contributed by atoms with van der Waals surface area (Å²) in [5.41, 5.74) is -0.283. The molecule has 2 rings (SSSR count). The number of hydrogen-bond donors (Lipinski definition) is 1. The summed E-state index contributed by atoms with van der Waals surface area (Å²) in [4.78, 5) is 17.3. The fourth-order valence-corrected chi connectivity index (χ4v) is 3.77. The van der Waals surface area contributed by atoms with Crippen molar-refractivity contribution in [3.63, 3.8) is 0 Å². The van der Waals surface area contributed by atoms with E-state index in [2.05, 4.69) is 29.2 Å². The summed E-state index contributed by atoms with van der Waals surface area (Å²) in [5.74, 6) is 1.06. The van der Waals surface area contributed by atoms with E-state index in [0.29, 0.717) is 12.5 Å². The van der Waals surface area contributed by atoms with E-state index in [0.717, 1.165) is 64.3 Å². The van der Waals surface area contributed by atoms with Gasteiger partial charge >= 0.3 is 0 Å². The van der Waals surface area contributed by atoms with E-state index in [4.69, 9.17) is 4.74 Å². The van der Waals surface area contributed by atoms with Gasteiger partial charge in [0.25, 0.3) is 0 Å². The van der Waals surface area contributed by atoms with Gasteiger partial charge in [0.1, 0.15) is 0 Å². The van der Waals surface area contributed by atoms with Gasteiger partial charge < -0.3 is 19.9 Å². The number of likely N-dealkylation sites (tertiary alicyclic amines) is 1. The first-order valence-electron chi connectivity index (χ1n) is 8.21. The zero-order chi connectivity index (χ0) is 15.3. The Bertz CT molecular complexity index is 327. The zero-order valence-electron chi connectivity index (χ0n) is 13.9. The highest BCUT2D eigenvalue weighted by Crippen LogP contribution is 2.33. The number of methoxy groups -OCH3 is 1. The Morgan fingerprint density at radius 2 is 1.90 bits per heavy atom. The molecule has 2 fully saturated rings. The lowest BCUT2D eigenvalue weighted by molar-refractivity contribution is -0.149. The number of nitrogens with zero attached hydrogens (tertiary/aromatic N) is 2. The normalized spacial score (nSPS) is 23.5. The van der Waals surface area contributed by atoms with Gasteiger partial charge in [0, 0.05) is 26.7 Å². The molecule has 2 saturated heterocycles. The molecular formula is C16H31N3O2. The molecule has 0 radical (unpaired) electrons. The molecule has 0 aliphatic carbocycles. The SMILES string of the molecule is COCC1(C(=O)N2CCC(CN(C)C)CC2)CCNCC1. The molecule has 0 unspecified atom stereocenters. The van der Waals surface area contributed by atoms with Crippen LogP contribution in [0.2, 0.25) is 0 Å². The highest BCUT2D eigenvalue weighted by atomic mass is 16.5. The van der Waals surface area contributed by atoms with Crippen molar-refractivity contribution < 1.29 is 9.53 Å². The lowest BCUT2D eigenvalue weighted by Gasteiger charge is -2.42. The Balaban J connectivity index is 1.93. The van der Waals surface area contributed by atoms with Gasteiger partial charge in [-0.25, -0.2) is 0 Å². The van der Waals surface area contributed by atoms with Crippen molar-refractivity contribution in [2.75, 3.05) is 60.5 Å². The number of carbonyl (C=O) groups is 1. The summed E-state index contributed by atoms with van der Waals surface area (Å²) in [6.07, 6.45) is 4.06. The lowest BCUT2D eigenvalue weighted by Crippen LogP contribution is -2.53. The van der Waals surface area contributed by atoms with E-state index >= 15 is 0 Å². The number of amides is 1. The van der Waals surface area contributed by atoms with Crippen LogP contribution in [-0.4, -0.2) is 76.2 Å². The Hall–Kier alpha value is -0.650. The van der Waals surface area contributed by atoms with E-state index in [1.807, 2.05) is 0 Å². The van der Waals surface area contributed by atoms with Gasteiger partial charge in [-0.15, -0.1) is 0 Å². The third-order valence-corrected chi connectivity index (χ3v) is 4.96. The molecule has 0 aromatic rings. The number of nitrogens with one attached hydrogen (secondary N) is 1. The van der Waals surface area contributed by atoms with Crippen molar-refractivity contribution in [2.24, 2.45) is 11.3 Å². The quantitative estimate of drug-likeness (QED) is 0.815. The summed E-state index contributed by atoms with van der Waals surface area (Å²) >= 11 is 0. The molecule has 0 aromatic carbocycles. The molecule has 5 nitrogen and oxygen atoms in total. The van der Waals surface area contributed by atoms with Crippen molar-refractivity contribution in [1.29, 1.82) is 0 Å². The van der Waals surface area contributed by atoms with Gasteiger partial charge in [-0.05, 0) is 58.8 Å². The van der Waals surface area contributed by atoms with Crippen LogP contribution in [0, 0.1) is 11.3 Å². The molecule has 21 heavy (non-hydrogen) atoms. The van der Waals surface area contributed by atoms with Crippen LogP contribution in [0.4, 0.5) is 0 Å². The molecule has 0 spiro atoms. The number of rotatable bonds is 5. The van der Waals surface area contributed by atoms with Crippen LogP contribution < -0.4 is 5.32 Å². The van der Waals surface area contributed by atoms with Crippen LogP contribution in [0.25, 0.3) is 0 Å². The van der Waals surface area contributed by atoms with Gasteiger partial charge in [-0.1, -0.05) is 0 Å². The summed E-state index contributed by atoms with van der Waals surface area (Å²) < 4.78 is 5.39. The van der Waals surface area contributed by atoms with E-state index in [9.17, 15) is 4.79 Å². The molecule has 0 aromatic heterocycles. The average molecular weight is 297 g/mol. The van der Waals surface area contributed by atoms with Crippen molar-refractivity contribution in [3.8, 4) is 0 Å². The van der Waals surface area contributed by atoms with Crippen LogP contribution >= 0.6 is 0 Å². The van der Waals surface area contributed by atoms with Crippen LogP contribution in [0.1, 0.15) is 25.7 Å². The fraction of sp³-hybridized carbons (Fsp3) is 0.938. The topological polar surface area (TPSA) is 44.8 Å². The van der Waals surface area contributed by atoms with Crippen molar-refractivity contribution in [1.82, 2.24) is 15.1 Å². The number of carbonyl (C=O) groups excluding carboxylic acids is 1. The summed E-state index contributed by atoms with van der Waals surface area (Å²) in [5, 5.41) is 3.35.